The minimum absolute atomic E-state index is 0.564. The molecule has 2 aromatic carbocycles. The third-order valence-corrected chi connectivity index (χ3v) is 3.18. The fourth-order valence-electron chi connectivity index (χ4n) is 1.62. The molecule has 4 heteroatoms. The Morgan fingerprint density at radius 3 is 2.47 bits per heavy atom. The van der Waals surface area contributed by atoms with Crippen LogP contribution in [0.4, 0.5) is 5.69 Å². The Morgan fingerprint density at radius 1 is 0.824 bits per heavy atom. The molecule has 2 aromatic rings. The number of benzene rings is 2. The van der Waals surface area contributed by atoms with E-state index in [1.807, 2.05) is 54.7 Å². The molecule has 1 aliphatic rings. The van der Waals surface area contributed by atoms with Crippen LogP contribution in [-0.4, -0.2) is 22.1 Å². The highest BCUT2D eigenvalue weighted by atomic mass is 27.2. The van der Waals surface area contributed by atoms with Gasteiger partial charge in [-0.2, -0.15) is 0 Å². The van der Waals surface area contributed by atoms with Crippen LogP contribution in [0.3, 0.4) is 0 Å². The molecule has 0 atom stereocenters. The second kappa shape index (κ2) is 4.62. The summed E-state index contributed by atoms with van der Waals surface area (Å²) in [5.41, 5.74) is 1.81. The third-order valence-electron chi connectivity index (χ3n) is 2.48. The van der Waals surface area contributed by atoms with Gasteiger partial charge < -0.3 is 7.58 Å². The van der Waals surface area contributed by atoms with Gasteiger partial charge in [0.25, 0.3) is 0 Å². The van der Waals surface area contributed by atoms with Crippen molar-refractivity contribution in [1.82, 2.24) is 0 Å². The highest BCUT2D eigenvalue weighted by Gasteiger charge is 2.12. The van der Waals surface area contributed by atoms with Crippen molar-refractivity contribution in [2.45, 2.75) is 0 Å². The third kappa shape index (κ3) is 2.19. The molecule has 0 spiro atoms. The highest BCUT2D eigenvalue weighted by molar-refractivity contribution is 6.21. The summed E-state index contributed by atoms with van der Waals surface area (Å²) >= 11 is -0.564. The summed E-state index contributed by atoms with van der Waals surface area (Å²) < 4.78 is 11.2. The summed E-state index contributed by atoms with van der Waals surface area (Å²) in [7, 11) is 0. The van der Waals surface area contributed by atoms with Gasteiger partial charge in [0.05, 0.1) is 5.75 Å². The first-order valence-corrected chi connectivity index (χ1v) is 6.25. The van der Waals surface area contributed by atoms with Gasteiger partial charge in [0, 0.05) is 11.8 Å². The van der Waals surface area contributed by atoms with Crippen molar-refractivity contribution >= 4 is 27.8 Å². The molecule has 0 fully saturated rings. The van der Waals surface area contributed by atoms with E-state index < -0.39 is 15.9 Å². The van der Waals surface area contributed by atoms with E-state index in [0.717, 1.165) is 22.7 Å². The first-order valence-electron chi connectivity index (χ1n) is 5.30. The van der Waals surface area contributed by atoms with Crippen LogP contribution in [0.5, 0.6) is 11.5 Å². The average molecular weight is 238 g/mol. The van der Waals surface area contributed by atoms with Crippen LogP contribution in [-0.2, 0) is 0 Å². The molecule has 17 heavy (non-hydrogen) atoms. The number of hydrogen-bond donors (Lipinski definition) is 0. The Hall–Kier alpha value is -1.76. The molecule has 1 aliphatic heterocycles. The maximum absolute atomic E-state index is 5.64. The predicted molar refractivity (Wildman–Crippen MR) is 67.1 cm³/mol. The number of rotatable bonds is 0. The van der Waals surface area contributed by atoms with E-state index in [-0.39, 0.29) is 0 Å². The van der Waals surface area contributed by atoms with Crippen molar-refractivity contribution in [3.05, 3.63) is 54.1 Å². The molecule has 0 N–H and O–H groups in total. The molecule has 1 heterocycles. The molecular weight excluding hydrogens is 229 g/mol. The smallest absolute Gasteiger partial charge is 0.615 e. The second-order valence-corrected chi connectivity index (χ2v) is 4.26. The molecular formula is C13H9AlNO2. The molecule has 0 bridgehead atoms. The monoisotopic (exact) mass is 238 g/mol. The summed E-state index contributed by atoms with van der Waals surface area (Å²) in [5.74, 6) is 1.59. The van der Waals surface area contributed by atoms with Gasteiger partial charge in [0.15, 0.2) is 0 Å². The predicted octanol–water partition coefficient (Wildman–Crippen LogP) is 2.74. The lowest BCUT2D eigenvalue weighted by Crippen LogP contribution is -2.11. The van der Waals surface area contributed by atoms with Crippen LogP contribution in [0.15, 0.2) is 53.5 Å². The lowest BCUT2D eigenvalue weighted by atomic mass is 10.2. The van der Waals surface area contributed by atoms with Gasteiger partial charge in [-0.15, -0.1) is 0 Å². The van der Waals surface area contributed by atoms with Crippen molar-refractivity contribution in [1.29, 1.82) is 0 Å². The summed E-state index contributed by atoms with van der Waals surface area (Å²) in [6.45, 7) is 0. The van der Waals surface area contributed by atoms with E-state index in [9.17, 15) is 0 Å². The van der Waals surface area contributed by atoms with E-state index in [0.29, 0.717) is 0 Å². The topological polar surface area (TPSA) is 30.8 Å². The van der Waals surface area contributed by atoms with Crippen molar-refractivity contribution in [3.8, 4) is 11.5 Å². The number of nitrogens with zero attached hydrogens (tertiary/aromatic N) is 1. The maximum atomic E-state index is 5.64. The standard InChI is InChI=1S/C13H11NO2.Al/c15-12-7-3-1-5-10(12)9-14-11-6-2-4-8-13(11)16;/h1-9,15-16H;/q;+2/p-2. The first kappa shape index (κ1) is 10.4. The maximum Gasteiger partial charge on any atom is 0.881 e. The van der Waals surface area contributed by atoms with Gasteiger partial charge in [-0.1, -0.05) is 24.3 Å². The normalized spacial score (nSPS) is 12.7. The molecule has 0 aliphatic carbocycles. The van der Waals surface area contributed by atoms with Crippen LogP contribution >= 0.6 is 0 Å². The molecule has 0 amide bonds. The molecule has 0 saturated heterocycles. The number of aliphatic imine (C=N–C) groups is 1. The fourth-order valence-corrected chi connectivity index (χ4v) is 2.29. The van der Waals surface area contributed by atoms with Crippen molar-refractivity contribution in [2.75, 3.05) is 0 Å². The summed E-state index contributed by atoms with van der Waals surface area (Å²) in [6.07, 6.45) is 1.81. The van der Waals surface area contributed by atoms with E-state index in [2.05, 4.69) is 4.99 Å². The molecule has 3 nitrogen and oxygen atoms in total. The Kier molecular flexibility index (Phi) is 2.83. The van der Waals surface area contributed by atoms with Crippen molar-refractivity contribution in [3.63, 3.8) is 0 Å². The average Bonchev–Trinajstić information content (AvgIpc) is 2.47. The zero-order chi connectivity index (χ0) is 11.5. The van der Waals surface area contributed by atoms with E-state index in [1.165, 1.54) is 0 Å². The van der Waals surface area contributed by atoms with Crippen LogP contribution in [0.2, 0.25) is 0 Å². The summed E-state index contributed by atoms with van der Waals surface area (Å²) in [6, 6.07) is 15.5. The first-order chi connectivity index (χ1) is 8.43. The minimum atomic E-state index is -0.564. The Balaban J connectivity index is 2.06. The van der Waals surface area contributed by atoms with E-state index in [4.69, 9.17) is 7.58 Å². The summed E-state index contributed by atoms with van der Waals surface area (Å²) in [5, 5.41) is 0. The van der Waals surface area contributed by atoms with Crippen LogP contribution in [0, 0.1) is 0 Å². The lowest BCUT2D eigenvalue weighted by Gasteiger charge is -2.09. The van der Waals surface area contributed by atoms with Gasteiger partial charge in [-0.25, -0.2) is 0 Å². The molecule has 81 valence electrons. The minimum Gasteiger partial charge on any atom is -0.615 e. The quantitative estimate of drug-likeness (QED) is 0.661. The number of hydrogen-bond acceptors (Lipinski definition) is 3. The Bertz CT molecular complexity index is 519. The SMILES string of the molecule is C1=Nc2ccccc2[O][Al][O]c2ccccc21. The van der Waals surface area contributed by atoms with Gasteiger partial charge >= 0.3 is 15.9 Å². The summed E-state index contributed by atoms with van der Waals surface area (Å²) in [4.78, 5) is 4.43. The zero-order valence-electron chi connectivity index (χ0n) is 9.04. The Labute approximate surface area is 106 Å². The van der Waals surface area contributed by atoms with E-state index >= 15 is 0 Å². The van der Waals surface area contributed by atoms with Gasteiger partial charge in [0.1, 0.15) is 11.4 Å². The molecule has 0 unspecified atom stereocenters. The highest BCUT2D eigenvalue weighted by Crippen LogP contribution is 2.28. The van der Waals surface area contributed by atoms with E-state index in [1.54, 1.807) is 0 Å². The number of para-hydroxylation sites is 3. The zero-order valence-corrected chi connectivity index (χ0v) is 10.2. The molecule has 0 aromatic heterocycles. The van der Waals surface area contributed by atoms with Gasteiger partial charge in [-0.05, 0) is 24.3 Å². The van der Waals surface area contributed by atoms with Crippen LogP contribution in [0.25, 0.3) is 0 Å². The Morgan fingerprint density at radius 2 is 1.53 bits per heavy atom. The lowest BCUT2D eigenvalue weighted by molar-refractivity contribution is 0.460. The molecule has 1 radical (unpaired) electrons. The van der Waals surface area contributed by atoms with Crippen LogP contribution < -0.4 is 7.58 Å². The fraction of sp³-hybridized carbons (Fsp3) is 0. The largest absolute Gasteiger partial charge is 0.881 e. The van der Waals surface area contributed by atoms with Gasteiger partial charge in [0.2, 0.25) is 0 Å². The van der Waals surface area contributed by atoms with Gasteiger partial charge in [-0.3, -0.25) is 4.99 Å². The number of fused-ring (bicyclic) bond motifs is 2. The molecule has 0 saturated carbocycles. The van der Waals surface area contributed by atoms with Crippen molar-refractivity contribution < 1.29 is 7.58 Å². The molecule has 3 rings (SSSR count). The van der Waals surface area contributed by atoms with Crippen molar-refractivity contribution in [2.24, 2.45) is 4.99 Å². The van der Waals surface area contributed by atoms with Crippen LogP contribution in [0.1, 0.15) is 5.56 Å². The second-order valence-electron chi connectivity index (χ2n) is 3.60.